The van der Waals surface area contributed by atoms with Gasteiger partial charge in [0.05, 0.1) is 12.2 Å². The molecule has 0 radical (unpaired) electrons. The number of aromatic nitrogens is 2. The zero-order valence-electron chi connectivity index (χ0n) is 6.77. The van der Waals surface area contributed by atoms with Crippen LogP contribution < -0.4 is 39.4 Å². The van der Waals surface area contributed by atoms with Gasteiger partial charge in [0.25, 0.3) is 0 Å². The van der Waals surface area contributed by atoms with Crippen LogP contribution in [0.1, 0.15) is 16.2 Å². The van der Waals surface area contributed by atoms with Crippen LogP contribution in [-0.2, 0) is 0 Å². The average Bonchev–Trinajstić information content (AvgIpc) is 1.94. The topological polar surface area (TPSA) is 80.0 Å². The van der Waals surface area contributed by atoms with E-state index < -0.39 is 5.97 Å². The van der Waals surface area contributed by atoms with Crippen molar-refractivity contribution in [3.8, 4) is 0 Å². The smallest absolute Gasteiger partial charge is 0.618 e. The van der Waals surface area contributed by atoms with Crippen LogP contribution in [0, 0.1) is 12.1 Å². The maximum absolute atomic E-state index is 10.7. The summed E-state index contributed by atoms with van der Waals surface area (Å²) >= 11 is 0. The minimum absolute atomic E-state index is 0. The standard InChI is InChI=1S/C6H6N2O3.Na/c1-4-2-7-5(6(9)10)3-8(4)11;/h2-3H,1H3,(H,9,10);/q;+1/p-1. The quantitative estimate of drug-likeness (QED) is 0.245. The second kappa shape index (κ2) is 4.39. The number of aryl methyl sites for hydroxylation is 1. The first-order chi connectivity index (χ1) is 5.11. The number of carboxylic acid groups (broad SMARTS) is 1. The molecule has 0 aliphatic rings. The fourth-order valence-electron chi connectivity index (χ4n) is 0.571. The van der Waals surface area contributed by atoms with Crippen LogP contribution >= 0.6 is 0 Å². The molecule has 1 aromatic rings. The van der Waals surface area contributed by atoms with Crippen LogP contribution in [0.4, 0.5) is 0 Å². The van der Waals surface area contributed by atoms with Gasteiger partial charge in [-0.3, -0.25) is 0 Å². The summed E-state index contributed by atoms with van der Waals surface area (Å²) in [5, 5.41) is 20.9. The zero-order valence-corrected chi connectivity index (χ0v) is 8.77. The molecule has 0 atom stereocenters. The van der Waals surface area contributed by atoms with E-state index >= 15 is 0 Å². The van der Waals surface area contributed by atoms with Crippen LogP contribution in [0.25, 0.3) is 0 Å². The number of aromatic carboxylic acids is 1. The SMILES string of the molecule is Cc1cnc(C(=O)[O-])c[n+]1[O-].[Na+]. The molecule has 0 fully saturated rings. The van der Waals surface area contributed by atoms with Crippen molar-refractivity contribution in [2.75, 3.05) is 0 Å². The molecule has 58 valence electrons. The molecular weight excluding hydrogens is 171 g/mol. The summed E-state index contributed by atoms with van der Waals surface area (Å²) in [5.41, 5.74) is -0.0133. The molecule has 0 saturated carbocycles. The molecular formula is C6H5N2NaO3. The Hall–Kier alpha value is -0.650. The van der Waals surface area contributed by atoms with Crippen molar-refractivity contribution in [1.82, 2.24) is 4.98 Å². The summed E-state index contributed by atoms with van der Waals surface area (Å²) in [6, 6.07) is 0. The van der Waals surface area contributed by atoms with Crippen molar-refractivity contribution in [3.63, 3.8) is 0 Å². The number of nitrogens with zero attached hydrogens (tertiary/aromatic N) is 2. The summed E-state index contributed by atoms with van der Waals surface area (Å²) in [6.07, 6.45) is 2.04. The van der Waals surface area contributed by atoms with Crippen LogP contribution in [0.3, 0.4) is 0 Å². The summed E-state index contributed by atoms with van der Waals surface area (Å²) < 4.78 is 0.429. The van der Waals surface area contributed by atoms with Gasteiger partial charge < -0.3 is 15.1 Å². The van der Waals surface area contributed by atoms with Crippen LogP contribution in [0.15, 0.2) is 12.4 Å². The fourth-order valence-corrected chi connectivity index (χ4v) is 0.571. The minimum atomic E-state index is -1.45. The van der Waals surface area contributed by atoms with E-state index in [4.69, 9.17) is 0 Å². The minimum Gasteiger partial charge on any atom is -0.618 e. The molecule has 0 spiro atoms. The largest absolute Gasteiger partial charge is 1.00 e. The van der Waals surface area contributed by atoms with E-state index in [0.29, 0.717) is 10.4 Å². The van der Waals surface area contributed by atoms with Gasteiger partial charge in [-0.1, -0.05) is 0 Å². The normalized spacial score (nSPS) is 8.75. The molecule has 0 aliphatic heterocycles. The van der Waals surface area contributed by atoms with Crippen molar-refractivity contribution in [2.45, 2.75) is 6.92 Å². The van der Waals surface area contributed by atoms with Gasteiger partial charge in [0.1, 0.15) is 0 Å². The average molecular weight is 176 g/mol. The van der Waals surface area contributed by atoms with Gasteiger partial charge in [0.2, 0.25) is 11.9 Å². The van der Waals surface area contributed by atoms with E-state index in [1.165, 1.54) is 13.1 Å². The second-order valence-electron chi connectivity index (χ2n) is 2.03. The van der Waals surface area contributed by atoms with E-state index in [-0.39, 0.29) is 35.3 Å². The third kappa shape index (κ3) is 2.44. The summed E-state index contributed by atoms with van der Waals surface area (Å²) in [6.45, 7) is 1.53. The molecule has 0 aliphatic carbocycles. The third-order valence-electron chi connectivity index (χ3n) is 1.19. The molecule has 0 amide bonds. The van der Waals surface area contributed by atoms with Gasteiger partial charge >= 0.3 is 29.6 Å². The Morgan fingerprint density at radius 3 is 2.67 bits per heavy atom. The zero-order chi connectivity index (χ0) is 8.43. The molecule has 0 aromatic carbocycles. The van der Waals surface area contributed by atoms with Gasteiger partial charge in [-0.2, -0.15) is 4.73 Å². The molecule has 0 bridgehead atoms. The van der Waals surface area contributed by atoms with Crippen molar-refractivity contribution in [2.24, 2.45) is 0 Å². The molecule has 0 N–H and O–H groups in total. The van der Waals surface area contributed by atoms with Gasteiger partial charge in [0.15, 0.2) is 5.69 Å². The molecule has 0 unspecified atom stereocenters. The number of rotatable bonds is 1. The summed E-state index contributed by atoms with van der Waals surface area (Å²) in [4.78, 5) is 13.6. The van der Waals surface area contributed by atoms with Crippen LogP contribution in [-0.4, -0.2) is 11.0 Å². The van der Waals surface area contributed by atoms with Gasteiger partial charge in [-0.15, -0.1) is 0 Å². The Bertz CT molecular complexity index is 303. The summed E-state index contributed by atoms with van der Waals surface area (Å²) in [7, 11) is 0. The number of hydrogen-bond acceptors (Lipinski definition) is 4. The van der Waals surface area contributed by atoms with Crippen LogP contribution in [0.2, 0.25) is 0 Å². The molecule has 1 heterocycles. The number of carbonyl (C=O) groups is 1. The Balaban J connectivity index is 0.00000121. The number of hydrogen-bond donors (Lipinski definition) is 0. The molecule has 1 rings (SSSR count). The number of carboxylic acids is 1. The monoisotopic (exact) mass is 176 g/mol. The van der Waals surface area contributed by atoms with E-state index in [1.54, 1.807) is 0 Å². The molecule has 6 heteroatoms. The maximum atomic E-state index is 10.7. The molecule has 0 saturated heterocycles. The Morgan fingerprint density at radius 1 is 1.67 bits per heavy atom. The predicted octanol–water partition coefficient (Wildman–Crippen LogP) is -4.61. The number of carbonyl (C=O) groups excluding carboxylic acids is 1. The van der Waals surface area contributed by atoms with E-state index in [2.05, 4.69) is 4.98 Å². The first kappa shape index (κ1) is 11.4. The van der Waals surface area contributed by atoms with E-state index in [0.717, 1.165) is 6.20 Å². The van der Waals surface area contributed by atoms with Crippen molar-refractivity contribution in [1.29, 1.82) is 0 Å². The maximum Gasteiger partial charge on any atom is 1.00 e. The van der Waals surface area contributed by atoms with E-state index in [9.17, 15) is 15.1 Å². The van der Waals surface area contributed by atoms with Crippen molar-refractivity contribution < 1.29 is 44.2 Å². The van der Waals surface area contributed by atoms with Gasteiger partial charge in [0, 0.05) is 6.92 Å². The first-order valence-electron chi connectivity index (χ1n) is 2.88. The van der Waals surface area contributed by atoms with E-state index in [1.807, 2.05) is 0 Å². The Morgan fingerprint density at radius 2 is 2.25 bits per heavy atom. The Kier molecular flexibility index (Phi) is 4.16. The second-order valence-corrected chi connectivity index (χ2v) is 2.03. The summed E-state index contributed by atoms with van der Waals surface area (Å²) in [5.74, 6) is -1.45. The van der Waals surface area contributed by atoms with Crippen LogP contribution in [0.5, 0.6) is 0 Å². The Labute approximate surface area is 90.9 Å². The predicted molar refractivity (Wildman–Crippen MR) is 32.3 cm³/mol. The molecule has 5 nitrogen and oxygen atoms in total. The molecule has 12 heavy (non-hydrogen) atoms. The first-order valence-corrected chi connectivity index (χ1v) is 2.88. The van der Waals surface area contributed by atoms with Gasteiger partial charge in [-0.05, 0) is 0 Å². The fraction of sp³-hybridized carbons (Fsp3) is 0.167. The van der Waals surface area contributed by atoms with Gasteiger partial charge in [-0.25, -0.2) is 4.98 Å². The third-order valence-corrected chi connectivity index (χ3v) is 1.19. The molecule has 1 aromatic heterocycles. The van der Waals surface area contributed by atoms with Crippen molar-refractivity contribution >= 4 is 5.97 Å². The van der Waals surface area contributed by atoms with Crippen molar-refractivity contribution in [3.05, 3.63) is 29.0 Å².